The number of nitrogens with zero attached hydrogens (tertiary/aromatic N) is 1. The molecule has 0 saturated heterocycles. The van der Waals surface area contributed by atoms with Crippen LogP contribution in [-0.4, -0.2) is 37.3 Å². The molecule has 0 aliphatic rings. The van der Waals surface area contributed by atoms with Crippen LogP contribution in [0.4, 0.5) is 5.69 Å². The van der Waals surface area contributed by atoms with E-state index in [1.54, 1.807) is 0 Å². The van der Waals surface area contributed by atoms with Gasteiger partial charge in [0.2, 0.25) is 0 Å². The fourth-order valence-corrected chi connectivity index (χ4v) is 2.10. The predicted octanol–water partition coefficient (Wildman–Crippen LogP) is 2.44. The molecule has 0 unspecified atom stereocenters. The molecule has 2 N–H and O–H groups in total. The average molecular weight is 304 g/mol. The maximum atomic E-state index is 10.5. The first kappa shape index (κ1) is 17.8. The van der Waals surface area contributed by atoms with Crippen LogP contribution in [0.1, 0.15) is 12.5 Å². The zero-order valence-corrected chi connectivity index (χ0v) is 13.0. The Balaban J connectivity index is 2.94. The fraction of sp³-hybridized carbons (Fsp3) is 0.353. The molecule has 0 saturated carbocycles. The van der Waals surface area contributed by atoms with Crippen molar-refractivity contribution in [3.8, 4) is 5.75 Å². The van der Waals surface area contributed by atoms with Crippen molar-refractivity contribution in [2.24, 2.45) is 0 Å². The lowest BCUT2D eigenvalue weighted by Crippen LogP contribution is -2.24. The van der Waals surface area contributed by atoms with Gasteiger partial charge < -0.3 is 20.1 Å². The third-order valence-electron chi connectivity index (χ3n) is 2.97. The Morgan fingerprint density at radius 1 is 1.36 bits per heavy atom. The number of ether oxygens (including phenoxy) is 1. The number of rotatable bonds is 11. The number of carbonyl (C=O) groups is 1. The lowest BCUT2D eigenvalue weighted by atomic mass is 10.1. The van der Waals surface area contributed by atoms with E-state index in [0.717, 1.165) is 17.0 Å². The minimum Gasteiger partial charge on any atom is -0.492 e. The molecular weight excluding hydrogens is 280 g/mol. The summed E-state index contributed by atoms with van der Waals surface area (Å²) in [5, 5.41) is 11.5. The van der Waals surface area contributed by atoms with Crippen LogP contribution in [0.2, 0.25) is 0 Å². The Hall–Kier alpha value is -2.27. The van der Waals surface area contributed by atoms with E-state index >= 15 is 0 Å². The summed E-state index contributed by atoms with van der Waals surface area (Å²) in [6.45, 7) is 11.9. The SMILES string of the molecule is C=CCN(CC=C)c1ccc(CNCC(=O)O)cc1OCC. The summed E-state index contributed by atoms with van der Waals surface area (Å²) in [6, 6.07) is 5.88. The van der Waals surface area contributed by atoms with Gasteiger partial charge in [-0.15, -0.1) is 13.2 Å². The summed E-state index contributed by atoms with van der Waals surface area (Å²) < 4.78 is 5.72. The molecule has 0 heterocycles. The van der Waals surface area contributed by atoms with Crippen LogP contribution in [0.5, 0.6) is 5.75 Å². The van der Waals surface area contributed by atoms with Crippen molar-refractivity contribution < 1.29 is 14.6 Å². The molecule has 0 atom stereocenters. The van der Waals surface area contributed by atoms with Crippen molar-refractivity contribution >= 4 is 11.7 Å². The molecule has 0 spiro atoms. The van der Waals surface area contributed by atoms with Gasteiger partial charge in [0.1, 0.15) is 5.75 Å². The van der Waals surface area contributed by atoms with Gasteiger partial charge in [0.05, 0.1) is 18.8 Å². The molecule has 0 aromatic heterocycles. The topological polar surface area (TPSA) is 61.8 Å². The quantitative estimate of drug-likeness (QED) is 0.615. The molecule has 0 aliphatic heterocycles. The standard InChI is InChI=1S/C17H24N2O3/c1-4-9-19(10-5-2)15-8-7-14(11-16(15)22-6-3)12-18-13-17(20)21/h4-5,7-8,11,18H,1-2,6,9-10,12-13H2,3H3,(H,20,21). The van der Waals surface area contributed by atoms with E-state index in [0.29, 0.717) is 26.2 Å². The molecule has 0 amide bonds. The first-order valence-electron chi connectivity index (χ1n) is 7.27. The van der Waals surface area contributed by atoms with E-state index in [9.17, 15) is 4.79 Å². The molecule has 5 nitrogen and oxygen atoms in total. The normalized spacial score (nSPS) is 10.0. The van der Waals surface area contributed by atoms with Gasteiger partial charge in [0.15, 0.2) is 0 Å². The Morgan fingerprint density at radius 3 is 2.59 bits per heavy atom. The molecule has 5 heteroatoms. The summed E-state index contributed by atoms with van der Waals surface area (Å²) in [5.41, 5.74) is 1.95. The Labute approximate surface area is 131 Å². The van der Waals surface area contributed by atoms with Crippen molar-refractivity contribution in [1.29, 1.82) is 0 Å². The molecule has 0 radical (unpaired) electrons. The summed E-state index contributed by atoms with van der Waals surface area (Å²) >= 11 is 0. The van der Waals surface area contributed by atoms with Crippen molar-refractivity contribution in [1.82, 2.24) is 5.32 Å². The van der Waals surface area contributed by atoms with Gasteiger partial charge >= 0.3 is 5.97 Å². The molecule has 1 aromatic carbocycles. The zero-order valence-electron chi connectivity index (χ0n) is 13.0. The smallest absolute Gasteiger partial charge is 0.317 e. The Morgan fingerprint density at radius 2 is 2.05 bits per heavy atom. The summed E-state index contributed by atoms with van der Waals surface area (Å²) in [7, 11) is 0. The van der Waals surface area contributed by atoms with Crippen LogP contribution in [-0.2, 0) is 11.3 Å². The van der Waals surface area contributed by atoms with E-state index in [2.05, 4.69) is 23.4 Å². The second kappa shape index (κ2) is 9.63. The van der Waals surface area contributed by atoms with Gasteiger partial charge in [-0.2, -0.15) is 0 Å². The number of hydrogen-bond acceptors (Lipinski definition) is 4. The zero-order chi connectivity index (χ0) is 16.4. The van der Waals surface area contributed by atoms with Gasteiger partial charge in [-0.3, -0.25) is 4.79 Å². The van der Waals surface area contributed by atoms with Gasteiger partial charge in [-0.1, -0.05) is 18.2 Å². The van der Waals surface area contributed by atoms with Crippen LogP contribution in [0.3, 0.4) is 0 Å². The highest BCUT2D eigenvalue weighted by atomic mass is 16.5. The number of aliphatic carboxylic acids is 1. The van der Waals surface area contributed by atoms with Crippen molar-refractivity contribution in [2.45, 2.75) is 13.5 Å². The first-order chi connectivity index (χ1) is 10.6. The van der Waals surface area contributed by atoms with Gasteiger partial charge in [0, 0.05) is 19.6 Å². The summed E-state index contributed by atoms with van der Waals surface area (Å²) in [6.07, 6.45) is 3.67. The van der Waals surface area contributed by atoms with Gasteiger partial charge in [-0.25, -0.2) is 0 Å². The maximum Gasteiger partial charge on any atom is 0.317 e. The molecule has 1 rings (SSSR count). The highest BCUT2D eigenvalue weighted by molar-refractivity contribution is 5.69. The molecule has 0 fully saturated rings. The molecular formula is C17H24N2O3. The second-order valence-corrected chi connectivity index (χ2v) is 4.71. The summed E-state index contributed by atoms with van der Waals surface area (Å²) in [5.74, 6) is -0.0920. The van der Waals surface area contributed by atoms with Crippen molar-refractivity contribution in [3.63, 3.8) is 0 Å². The van der Waals surface area contributed by atoms with Crippen molar-refractivity contribution in [3.05, 3.63) is 49.1 Å². The minimum absolute atomic E-state index is 0.0647. The lowest BCUT2D eigenvalue weighted by Gasteiger charge is -2.24. The molecule has 0 bridgehead atoms. The van der Waals surface area contributed by atoms with E-state index in [-0.39, 0.29) is 6.54 Å². The van der Waals surface area contributed by atoms with Gasteiger partial charge in [0.25, 0.3) is 0 Å². The molecule has 22 heavy (non-hydrogen) atoms. The Bertz CT molecular complexity index is 505. The third-order valence-corrected chi connectivity index (χ3v) is 2.97. The summed E-state index contributed by atoms with van der Waals surface area (Å²) in [4.78, 5) is 12.6. The first-order valence-corrected chi connectivity index (χ1v) is 7.27. The van der Waals surface area contributed by atoms with Crippen LogP contribution >= 0.6 is 0 Å². The number of nitrogens with one attached hydrogen (secondary N) is 1. The van der Waals surface area contributed by atoms with E-state index < -0.39 is 5.97 Å². The Kier molecular flexibility index (Phi) is 7.78. The molecule has 0 aliphatic carbocycles. The van der Waals surface area contributed by atoms with Gasteiger partial charge in [-0.05, 0) is 24.6 Å². The van der Waals surface area contributed by atoms with Crippen LogP contribution in [0, 0.1) is 0 Å². The lowest BCUT2D eigenvalue weighted by molar-refractivity contribution is -0.135. The fourth-order valence-electron chi connectivity index (χ4n) is 2.10. The van der Waals surface area contributed by atoms with Crippen molar-refractivity contribution in [2.75, 3.05) is 31.1 Å². The minimum atomic E-state index is -0.871. The second-order valence-electron chi connectivity index (χ2n) is 4.71. The number of carboxylic acid groups (broad SMARTS) is 1. The van der Waals surface area contributed by atoms with Crippen LogP contribution < -0.4 is 15.0 Å². The monoisotopic (exact) mass is 304 g/mol. The number of anilines is 1. The number of carboxylic acids is 1. The third kappa shape index (κ3) is 5.61. The highest BCUT2D eigenvalue weighted by Crippen LogP contribution is 2.29. The molecule has 120 valence electrons. The van der Waals surface area contributed by atoms with E-state index in [1.807, 2.05) is 37.3 Å². The molecule has 1 aromatic rings. The average Bonchev–Trinajstić information content (AvgIpc) is 2.47. The number of benzene rings is 1. The number of hydrogen-bond donors (Lipinski definition) is 2. The van der Waals surface area contributed by atoms with Crippen LogP contribution in [0.25, 0.3) is 0 Å². The predicted molar refractivity (Wildman–Crippen MR) is 89.6 cm³/mol. The highest BCUT2D eigenvalue weighted by Gasteiger charge is 2.11. The maximum absolute atomic E-state index is 10.5. The van der Waals surface area contributed by atoms with Crippen LogP contribution in [0.15, 0.2) is 43.5 Å². The largest absolute Gasteiger partial charge is 0.492 e. The van der Waals surface area contributed by atoms with E-state index in [1.165, 1.54) is 0 Å². The van der Waals surface area contributed by atoms with E-state index in [4.69, 9.17) is 9.84 Å².